The van der Waals surface area contributed by atoms with Gasteiger partial charge in [-0.1, -0.05) is 17.7 Å². The molecule has 0 spiro atoms. The predicted octanol–water partition coefficient (Wildman–Crippen LogP) is 3.59. The minimum Gasteiger partial charge on any atom is -0.454 e. The van der Waals surface area contributed by atoms with Crippen molar-refractivity contribution >= 4 is 29.3 Å². The minimum absolute atomic E-state index is 0.154. The molecule has 0 aromatic heterocycles. The third kappa shape index (κ3) is 3.48. The summed E-state index contributed by atoms with van der Waals surface area (Å²) in [4.78, 5) is 13.3. The second-order valence-electron chi connectivity index (χ2n) is 4.60. The third-order valence-electron chi connectivity index (χ3n) is 3.11. The molecule has 0 aliphatic carbocycles. The molecule has 0 radical (unpaired) electrons. The molecule has 0 saturated heterocycles. The van der Waals surface area contributed by atoms with Crippen molar-refractivity contribution in [3.8, 4) is 11.5 Å². The quantitative estimate of drug-likeness (QED) is 0.670. The Labute approximate surface area is 137 Å². The van der Waals surface area contributed by atoms with Crippen molar-refractivity contribution in [1.29, 1.82) is 0 Å². The Hall–Kier alpha value is -1.85. The lowest BCUT2D eigenvalue weighted by Crippen LogP contribution is -2.26. The molecular formula is C16H14ClNO3S. The number of benzene rings is 2. The van der Waals surface area contributed by atoms with Crippen LogP contribution < -0.4 is 14.8 Å². The lowest BCUT2D eigenvalue weighted by atomic mass is 10.2. The Bertz CT molecular complexity index is 676. The smallest absolute Gasteiger partial charge is 0.255 e. The van der Waals surface area contributed by atoms with Gasteiger partial charge in [0.15, 0.2) is 11.5 Å². The van der Waals surface area contributed by atoms with Gasteiger partial charge in [-0.2, -0.15) is 0 Å². The average Bonchev–Trinajstić information content (AvgIpc) is 3.01. The van der Waals surface area contributed by atoms with E-state index in [0.717, 1.165) is 15.7 Å². The van der Waals surface area contributed by atoms with E-state index >= 15 is 0 Å². The Kier molecular flexibility index (Phi) is 4.75. The second-order valence-corrected chi connectivity index (χ2v) is 6.20. The molecule has 22 heavy (non-hydrogen) atoms. The van der Waals surface area contributed by atoms with E-state index in [4.69, 9.17) is 21.1 Å². The number of fused-ring (bicyclic) bond motifs is 1. The predicted molar refractivity (Wildman–Crippen MR) is 87.1 cm³/mol. The molecule has 1 N–H and O–H groups in total. The number of nitrogens with one attached hydrogen (secondary N) is 1. The van der Waals surface area contributed by atoms with E-state index in [0.29, 0.717) is 23.6 Å². The molecule has 1 heterocycles. The highest BCUT2D eigenvalue weighted by Gasteiger charge is 2.21. The molecule has 2 aromatic carbocycles. The first-order valence-corrected chi connectivity index (χ1v) is 8.15. The second kappa shape index (κ2) is 6.94. The van der Waals surface area contributed by atoms with Gasteiger partial charge < -0.3 is 14.8 Å². The summed E-state index contributed by atoms with van der Waals surface area (Å²) in [5, 5.41) is 3.61. The number of para-hydroxylation sites is 1. The molecule has 1 aliphatic rings. The van der Waals surface area contributed by atoms with E-state index in [-0.39, 0.29) is 12.7 Å². The van der Waals surface area contributed by atoms with Gasteiger partial charge in [0, 0.05) is 22.2 Å². The molecule has 6 heteroatoms. The zero-order valence-corrected chi connectivity index (χ0v) is 13.2. The number of carbonyl (C=O) groups is 1. The van der Waals surface area contributed by atoms with E-state index in [9.17, 15) is 4.79 Å². The molecule has 1 aliphatic heterocycles. The van der Waals surface area contributed by atoms with E-state index in [1.54, 1.807) is 30.0 Å². The first-order chi connectivity index (χ1) is 10.7. The van der Waals surface area contributed by atoms with Crippen LogP contribution in [-0.4, -0.2) is 25.0 Å². The van der Waals surface area contributed by atoms with Crippen molar-refractivity contribution in [2.24, 2.45) is 0 Å². The van der Waals surface area contributed by atoms with Crippen molar-refractivity contribution in [3.63, 3.8) is 0 Å². The minimum atomic E-state index is -0.154. The van der Waals surface area contributed by atoms with E-state index < -0.39 is 0 Å². The summed E-state index contributed by atoms with van der Waals surface area (Å²) in [5.74, 6) is 1.76. The molecule has 0 bridgehead atoms. The van der Waals surface area contributed by atoms with Gasteiger partial charge >= 0.3 is 0 Å². The number of rotatable bonds is 5. The van der Waals surface area contributed by atoms with Crippen LogP contribution in [0.3, 0.4) is 0 Å². The SMILES string of the molecule is O=C(NCCSc1ccc(Cl)cc1)c1cccc2c1OCO2. The van der Waals surface area contributed by atoms with Crippen LogP contribution in [0.2, 0.25) is 5.02 Å². The van der Waals surface area contributed by atoms with Crippen molar-refractivity contribution in [3.05, 3.63) is 53.1 Å². The molecule has 0 unspecified atom stereocenters. The summed E-state index contributed by atoms with van der Waals surface area (Å²) in [6.45, 7) is 0.725. The summed E-state index contributed by atoms with van der Waals surface area (Å²) < 4.78 is 10.6. The monoisotopic (exact) mass is 335 g/mol. The third-order valence-corrected chi connectivity index (χ3v) is 4.38. The number of carbonyl (C=O) groups excluding carboxylic acids is 1. The van der Waals surface area contributed by atoms with Gasteiger partial charge in [0.25, 0.3) is 5.91 Å². The summed E-state index contributed by atoms with van der Waals surface area (Å²) >= 11 is 7.50. The van der Waals surface area contributed by atoms with Crippen molar-refractivity contribution < 1.29 is 14.3 Å². The number of hydrogen-bond donors (Lipinski definition) is 1. The number of halogens is 1. The van der Waals surface area contributed by atoms with Crippen molar-refractivity contribution in [2.45, 2.75) is 4.90 Å². The Morgan fingerprint density at radius 1 is 1.18 bits per heavy atom. The fraction of sp³-hybridized carbons (Fsp3) is 0.188. The molecule has 3 rings (SSSR count). The van der Waals surface area contributed by atoms with E-state index in [2.05, 4.69) is 5.32 Å². The zero-order valence-electron chi connectivity index (χ0n) is 11.7. The van der Waals surface area contributed by atoms with Crippen molar-refractivity contribution in [1.82, 2.24) is 5.32 Å². The van der Waals surface area contributed by atoms with E-state index in [1.807, 2.05) is 24.3 Å². The van der Waals surface area contributed by atoms with Crippen LogP contribution in [0.1, 0.15) is 10.4 Å². The number of thioether (sulfide) groups is 1. The Balaban J connectivity index is 1.51. The molecular weight excluding hydrogens is 322 g/mol. The maximum absolute atomic E-state index is 12.2. The number of ether oxygens (including phenoxy) is 2. The van der Waals surface area contributed by atoms with Crippen LogP contribution in [0.25, 0.3) is 0 Å². The lowest BCUT2D eigenvalue weighted by molar-refractivity contribution is 0.0951. The van der Waals surface area contributed by atoms with Crippen LogP contribution in [0.15, 0.2) is 47.4 Å². The van der Waals surface area contributed by atoms with Gasteiger partial charge in [0.1, 0.15) is 0 Å². The lowest BCUT2D eigenvalue weighted by Gasteiger charge is -2.07. The molecule has 1 amide bonds. The average molecular weight is 336 g/mol. The number of amides is 1. The van der Waals surface area contributed by atoms with Gasteiger partial charge in [-0.05, 0) is 36.4 Å². The van der Waals surface area contributed by atoms with Gasteiger partial charge in [-0.3, -0.25) is 4.79 Å². The summed E-state index contributed by atoms with van der Waals surface area (Å²) in [7, 11) is 0. The largest absolute Gasteiger partial charge is 0.454 e. The van der Waals surface area contributed by atoms with Crippen LogP contribution in [-0.2, 0) is 0 Å². The Morgan fingerprint density at radius 3 is 2.82 bits per heavy atom. The normalized spacial score (nSPS) is 12.2. The highest BCUT2D eigenvalue weighted by Crippen LogP contribution is 2.35. The molecule has 0 fully saturated rings. The van der Waals surface area contributed by atoms with Gasteiger partial charge in [0.2, 0.25) is 6.79 Å². The number of hydrogen-bond acceptors (Lipinski definition) is 4. The topological polar surface area (TPSA) is 47.6 Å². The summed E-state index contributed by atoms with van der Waals surface area (Å²) in [6, 6.07) is 12.9. The zero-order chi connectivity index (χ0) is 15.4. The van der Waals surface area contributed by atoms with Gasteiger partial charge in [0.05, 0.1) is 5.56 Å². The molecule has 2 aromatic rings. The maximum Gasteiger partial charge on any atom is 0.255 e. The fourth-order valence-corrected chi connectivity index (χ4v) is 2.96. The van der Waals surface area contributed by atoms with Crippen molar-refractivity contribution in [2.75, 3.05) is 19.1 Å². The van der Waals surface area contributed by atoms with Gasteiger partial charge in [-0.15, -0.1) is 11.8 Å². The highest BCUT2D eigenvalue weighted by molar-refractivity contribution is 7.99. The van der Waals surface area contributed by atoms with E-state index in [1.165, 1.54) is 0 Å². The highest BCUT2D eigenvalue weighted by atomic mass is 35.5. The van der Waals surface area contributed by atoms with Crippen LogP contribution in [0.4, 0.5) is 0 Å². The molecule has 0 saturated carbocycles. The van der Waals surface area contributed by atoms with Crippen LogP contribution >= 0.6 is 23.4 Å². The summed E-state index contributed by atoms with van der Waals surface area (Å²) in [6.07, 6.45) is 0. The molecule has 0 atom stereocenters. The fourth-order valence-electron chi connectivity index (χ4n) is 2.07. The van der Waals surface area contributed by atoms with Crippen LogP contribution in [0, 0.1) is 0 Å². The molecule has 4 nitrogen and oxygen atoms in total. The molecule has 114 valence electrons. The standard InChI is InChI=1S/C16H14ClNO3S/c17-11-4-6-12(7-5-11)22-9-8-18-16(19)13-2-1-3-14-15(13)21-10-20-14/h1-7H,8-10H2,(H,18,19). The summed E-state index contributed by atoms with van der Waals surface area (Å²) in [5.41, 5.74) is 0.506. The van der Waals surface area contributed by atoms with Gasteiger partial charge in [-0.25, -0.2) is 0 Å². The van der Waals surface area contributed by atoms with Crippen LogP contribution in [0.5, 0.6) is 11.5 Å². The Morgan fingerprint density at radius 2 is 2.00 bits per heavy atom. The maximum atomic E-state index is 12.2. The first kappa shape index (κ1) is 15.1. The first-order valence-electron chi connectivity index (χ1n) is 6.79.